The predicted octanol–water partition coefficient (Wildman–Crippen LogP) is 7.20. The Kier molecular flexibility index (Phi) is 12.8. The Morgan fingerprint density at radius 3 is 2.27 bits per heavy atom. The van der Waals surface area contributed by atoms with Crippen molar-refractivity contribution in [2.75, 3.05) is 36.2 Å². The fourth-order valence-electron chi connectivity index (χ4n) is 4.84. The van der Waals surface area contributed by atoms with Crippen LogP contribution in [0.3, 0.4) is 0 Å². The summed E-state index contributed by atoms with van der Waals surface area (Å²) in [5.74, 6) is -1.62. The SMILES string of the molecule is CCOC(=O)Cc1csc(NC(=O)C(Sc2cccc(NC(=O)/C(=C\c3ccc(N(C)C)cc3)NC(=O)c3ccccc3)c2)c2ccccc2)n1. The second-order valence-electron chi connectivity index (χ2n) is 11.4. The van der Waals surface area contributed by atoms with Gasteiger partial charge in [-0.15, -0.1) is 23.1 Å². The van der Waals surface area contributed by atoms with Gasteiger partial charge in [-0.3, -0.25) is 19.2 Å². The van der Waals surface area contributed by atoms with Gasteiger partial charge >= 0.3 is 5.97 Å². The molecule has 1 heterocycles. The number of carbonyl (C=O) groups excluding carboxylic acids is 4. The fourth-order valence-corrected chi connectivity index (χ4v) is 6.63. The molecule has 0 spiro atoms. The van der Waals surface area contributed by atoms with Crippen LogP contribution >= 0.6 is 23.1 Å². The molecule has 0 aliphatic heterocycles. The Labute approximate surface area is 305 Å². The van der Waals surface area contributed by atoms with Gasteiger partial charge in [-0.1, -0.05) is 66.7 Å². The molecule has 3 N–H and O–H groups in total. The molecule has 0 fully saturated rings. The highest BCUT2D eigenvalue weighted by Gasteiger charge is 2.24. The van der Waals surface area contributed by atoms with E-state index < -0.39 is 17.1 Å². The van der Waals surface area contributed by atoms with E-state index in [-0.39, 0.29) is 30.6 Å². The third-order valence-corrected chi connectivity index (χ3v) is 9.40. The van der Waals surface area contributed by atoms with Gasteiger partial charge < -0.3 is 25.6 Å². The van der Waals surface area contributed by atoms with E-state index in [1.54, 1.807) is 60.8 Å². The van der Waals surface area contributed by atoms with Crippen molar-refractivity contribution in [3.05, 3.63) is 143 Å². The number of nitrogens with zero attached hydrogens (tertiary/aromatic N) is 2. The number of ether oxygens (including phenoxy) is 1. The standard InChI is InChI=1S/C39H37N5O5S2/c1-4-49-34(45)24-30-25-50-39(41-30)43-38(48)35(27-12-7-5-8-13-27)51-32-17-11-16-29(23-32)40-37(47)33(42-36(46)28-14-9-6-10-15-28)22-26-18-20-31(21-19-26)44(2)3/h5-23,25,35H,4,24H2,1-3H3,(H,40,47)(H,42,46)(H,41,43,48)/b33-22+. The zero-order valence-electron chi connectivity index (χ0n) is 28.3. The normalized spacial score (nSPS) is 11.6. The molecule has 0 saturated carbocycles. The average Bonchev–Trinajstić information content (AvgIpc) is 3.57. The van der Waals surface area contributed by atoms with Gasteiger partial charge in [0.05, 0.1) is 18.7 Å². The van der Waals surface area contributed by atoms with Gasteiger partial charge in [0.25, 0.3) is 11.8 Å². The number of aromatic nitrogens is 1. The van der Waals surface area contributed by atoms with Crippen LogP contribution in [0.15, 0.2) is 125 Å². The Balaban J connectivity index is 1.34. The number of hydrogen-bond donors (Lipinski definition) is 3. The number of thiazole rings is 1. The van der Waals surface area contributed by atoms with E-state index >= 15 is 0 Å². The van der Waals surface area contributed by atoms with Gasteiger partial charge in [-0.2, -0.15) is 0 Å². The maximum absolute atomic E-state index is 13.7. The van der Waals surface area contributed by atoms with Gasteiger partial charge in [-0.25, -0.2) is 4.98 Å². The summed E-state index contributed by atoms with van der Waals surface area (Å²) in [7, 11) is 3.88. The number of anilines is 3. The number of rotatable bonds is 14. The van der Waals surface area contributed by atoms with Crippen LogP contribution in [-0.2, 0) is 25.5 Å². The maximum atomic E-state index is 13.7. The summed E-state index contributed by atoms with van der Waals surface area (Å²) in [6.07, 6.45) is 1.64. The van der Waals surface area contributed by atoms with E-state index in [9.17, 15) is 19.2 Å². The van der Waals surface area contributed by atoms with Gasteiger partial charge in [0.15, 0.2) is 5.13 Å². The van der Waals surface area contributed by atoms with Crippen molar-refractivity contribution in [2.24, 2.45) is 0 Å². The lowest BCUT2D eigenvalue weighted by Gasteiger charge is -2.17. The quantitative estimate of drug-likeness (QED) is 0.0625. The molecular formula is C39H37N5O5S2. The van der Waals surface area contributed by atoms with Crippen LogP contribution in [0.25, 0.3) is 6.08 Å². The lowest BCUT2D eigenvalue weighted by Crippen LogP contribution is -2.30. The lowest BCUT2D eigenvalue weighted by atomic mass is 10.1. The first-order chi connectivity index (χ1) is 24.7. The van der Waals surface area contributed by atoms with Crippen LogP contribution in [-0.4, -0.2) is 49.4 Å². The first-order valence-electron chi connectivity index (χ1n) is 16.1. The molecule has 0 radical (unpaired) electrons. The monoisotopic (exact) mass is 719 g/mol. The summed E-state index contributed by atoms with van der Waals surface area (Å²) in [6.45, 7) is 2.02. The summed E-state index contributed by atoms with van der Waals surface area (Å²) in [5, 5.41) is 9.99. The molecule has 51 heavy (non-hydrogen) atoms. The van der Waals surface area contributed by atoms with Gasteiger partial charge in [0.1, 0.15) is 10.9 Å². The van der Waals surface area contributed by atoms with Crippen molar-refractivity contribution < 1.29 is 23.9 Å². The minimum absolute atomic E-state index is 0.0190. The summed E-state index contributed by atoms with van der Waals surface area (Å²) in [4.78, 5) is 59.5. The van der Waals surface area contributed by atoms with Crippen molar-refractivity contribution in [3.8, 4) is 0 Å². The zero-order valence-corrected chi connectivity index (χ0v) is 29.9. The molecule has 1 aromatic heterocycles. The summed E-state index contributed by atoms with van der Waals surface area (Å²) >= 11 is 2.54. The van der Waals surface area contributed by atoms with Crippen LogP contribution in [0.2, 0.25) is 0 Å². The molecule has 4 aromatic carbocycles. The summed E-state index contributed by atoms with van der Waals surface area (Å²) in [5.41, 5.74) is 3.96. The van der Waals surface area contributed by atoms with E-state index in [0.29, 0.717) is 22.1 Å². The Hall–Kier alpha value is -5.72. The van der Waals surface area contributed by atoms with Crippen molar-refractivity contribution in [3.63, 3.8) is 0 Å². The van der Waals surface area contributed by atoms with Crippen LogP contribution < -0.4 is 20.9 Å². The number of nitrogens with one attached hydrogen (secondary N) is 3. The molecule has 1 atom stereocenters. The minimum atomic E-state index is -0.666. The summed E-state index contributed by atoms with van der Waals surface area (Å²) in [6, 6.07) is 32.8. The second-order valence-corrected chi connectivity index (χ2v) is 13.4. The van der Waals surface area contributed by atoms with Gasteiger partial charge in [-0.05, 0) is 66.6 Å². The van der Waals surface area contributed by atoms with E-state index in [1.807, 2.05) is 85.7 Å². The van der Waals surface area contributed by atoms with E-state index in [1.165, 1.54) is 23.1 Å². The second kappa shape index (κ2) is 17.8. The molecule has 1 unspecified atom stereocenters. The van der Waals surface area contributed by atoms with Crippen LogP contribution in [0.5, 0.6) is 0 Å². The predicted molar refractivity (Wildman–Crippen MR) is 204 cm³/mol. The molecule has 5 aromatic rings. The fraction of sp³-hybridized carbons (Fsp3) is 0.154. The summed E-state index contributed by atoms with van der Waals surface area (Å²) < 4.78 is 5.00. The smallest absolute Gasteiger partial charge is 0.311 e. The number of benzene rings is 4. The highest BCUT2D eigenvalue weighted by Crippen LogP contribution is 2.37. The lowest BCUT2D eigenvalue weighted by molar-refractivity contribution is -0.142. The average molecular weight is 720 g/mol. The number of thioether (sulfide) groups is 1. The Bertz CT molecular complexity index is 2000. The molecule has 12 heteroatoms. The Morgan fingerprint density at radius 2 is 1.59 bits per heavy atom. The molecular weight excluding hydrogens is 683 g/mol. The molecule has 0 aliphatic rings. The van der Waals surface area contributed by atoms with E-state index in [0.717, 1.165) is 21.7 Å². The minimum Gasteiger partial charge on any atom is -0.466 e. The molecule has 5 rings (SSSR count). The molecule has 260 valence electrons. The Morgan fingerprint density at radius 1 is 0.882 bits per heavy atom. The first kappa shape index (κ1) is 36.6. The van der Waals surface area contributed by atoms with Gasteiger partial charge in [0, 0.05) is 41.3 Å². The highest BCUT2D eigenvalue weighted by atomic mass is 32.2. The van der Waals surface area contributed by atoms with Gasteiger partial charge in [0.2, 0.25) is 5.91 Å². The third kappa shape index (κ3) is 10.6. The van der Waals surface area contributed by atoms with Crippen molar-refractivity contribution in [2.45, 2.75) is 23.5 Å². The largest absolute Gasteiger partial charge is 0.466 e. The molecule has 0 bridgehead atoms. The zero-order chi connectivity index (χ0) is 36.2. The first-order valence-corrected chi connectivity index (χ1v) is 17.8. The van der Waals surface area contributed by atoms with Crippen molar-refractivity contribution in [1.29, 1.82) is 0 Å². The number of amides is 3. The van der Waals surface area contributed by atoms with Crippen LogP contribution in [0.4, 0.5) is 16.5 Å². The molecule has 0 saturated heterocycles. The van der Waals surface area contributed by atoms with Crippen molar-refractivity contribution >= 4 is 69.4 Å². The topological polar surface area (TPSA) is 130 Å². The maximum Gasteiger partial charge on any atom is 0.311 e. The van der Waals surface area contributed by atoms with E-state index in [4.69, 9.17) is 4.74 Å². The number of hydrogen-bond acceptors (Lipinski definition) is 9. The molecule has 0 aliphatic carbocycles. The number of carbonyl (C=O) groups is 4. The molecule has 10 nitrogen and oxygen atoms in total. The van der Waals surface area contributed by atoms with Crippen LogP contribution in [0, 0.1) is 0 Å². The molecule has 3 amide bonds. The van der Waals surface area contributed by atoms with E-state index in [2.05, 4.69) is 20.9 Å². The highest BCUT2D eigenvalue weighted by molar-refractivity contribution is 8.00. The third-order valence-electron chi connectivity index (χ3n) is 7.35. The number of esters is 1. The van der Waals surface area contributed by atoms with Crippen molar-refractivity contribution in [1.82, 2.24) is 10.3 Å². The van der Waals surface area contributed by atoms with Crippen LogP contribution in [0.1, 0.15) is 39.4 Å².